The Balaban J connectivity index is 1.67. The van der Waals surface area contributed by atoms with E-state index < -0.39 is 5.60 Å². The number of hydrogen-bond donors (Lipinski definition) is 0. The minimum absolute atomic E-state index is 0.0196. The Labute approximate surface area is 132 Å². The highest BCUT2D eigenvalue weighted by Gasteiger charge is 2.42. The zero-order valence-electron chi connectivity index (χ0n) is 13.2. The monoisotopic (exact) mass is 310 g/mol. The van der Waals surface area contributed by atoms with Crippen LogP contribution in [0.25, 0.3) is 0 Å². The summed E-state index contributed by atoms with van der Waals surface area (Å²) in [6.07, 6.45) is 2.74. The molecule has 0 N–H and O–H groups in total. The summed E-state index contributed by atoms with van der Waals surface area (Å²) in [4.78, 5) is 16.9. The van der Waals surface area contributed by atoms with Gasteiger partial charge in [-0.15, -0.1) is 6.58 Å². The Hall–Kier alpha value is -0.950. The molecule has 0 bridgehead atoms. The molecule has 6 heteroatoms. The van der Waals surface area contributed by atoms with Crippen molar-refractivity contribution in [3.63, 3.8) is 0 Å². The summed E-state index contributed by atoms with van der Waals surface area (Å²) in [6, 6.07) is 0. The second-order valence-corrected chi connectivity index (χ2v) is 6.43. The molecule has 0 unspecified atom stereocenters. The largest absolute Gasteiger partial charge is 0.381 e. The number of ether oxygens (including phenoxy) is 3. The van der Waals surface area contributed by atoms with Crippen LogP contribution in [0.15, 0.2) is 12.7 Å². The molecule has 1 spiro atoms. The van der Waals surface area contributed by atoms with Crippen LogP contribution in [0.4, 0.5) is 0 Å². The van der Waals surface area contributed by atoms with E-state index in [-0.39, 0.29) is 11.8 Å². The van der Waals surface area contributed by atoms with Gasteiger partial charge in [0.15, 0.2) is 0 Å². The molecule has 0 aliphatic carbocycles. The van der Waals surface area contributed by atoms with Crippen LogP contribution in [0.1, 0.15) is 6.42 Å². The lowest BCUT2D eigenvalue weighted by atomic mass is 9.99. The molecule has 3 saturated heterocycles. The highest BCUT2D eigenvalue weighted by Crippen LogP contribution is 2.25. The fourth-order valence-electron chi connectivity index (χ4n) is 3.53. The third-order valence-electron chi connectivity index (χ3n) is 4.66. The maximum atomic E-state index is 12.6. The molecule has 124 valence electrons. The van der Waals surface area contributed by atoms with Crippen LogP contribution in [0.2, 0.25) is 0 Å². The standard InChI is InChI=1S/C16H26N2O4/c1-2-4-17-5-8-21-13-16(11-17)12-18(6-9-22-16)15(19)14-3-7-20-10-14/h2,14H,1,3-13H2/t14-,16-/m0/s1. The van der Waals surface area contributed by atoms with Gasteiger partial charge < -0.3 is 19.1 Å². The maximum Gasteiger partial charge on any atom is 0.228 e. The molecule has 0 aromatic heterocycles. The maximum absolute atomic E-state index is 12.6. The number of nitrogens with zero attached hydrogens (tertiary/aromatic N) is 2. The fourth-order valence-corrected chi connectivity index (χ4v) is 3.53. The summed E-state index contributed by atoms with van der Waals surface area (Å²) in [6.45, 7) is 10.6. The number of hydrogen-bond acceptors (Lipinski definition) is 5. The first-order valence-corrected chi connectivity index (χ1v) is 8.14. The van der Waals surface area contributed by atoms with E-state index in [4.69, 9.17) is 14.2 Å². The first-order valence-electron chi connectivity index (χ1n) is 8.14. The van der Waals surface area contributed by atoms with E-state index in [1.807, 2.05) is 11.0 Å². The molecule has 3 heterocycles. The van der Waals surface area contributed by atoms with Gasteiger partial charge in [-0.05, 0) is 6.42 Å². The van der Waals surface area contributed by atoms with E-state index in [0.717, 1.165) is 26.1 Å². The van der Waals surface area contributed by atoms with Crippen LogP contribution < -0.4 is 0 Å². The second-order valence-electron chi connectivity index (χ2n) is 6.43. The van der Waals surface area contributed by atoms with Crippen molar-refractivity contribution in [3.8, 4) is 0 Å². The summed E-state index contributed by atoms with van der Waals surface area (Å²) in [5.41, 5.74) is -0.410. The zero-order chi connectivity index (χ0) is 15.4. The molecular weight excluding hydrogens is 284 g/mol. The van der Waals surface area contributed by atoms with Gasteiger partial charge in [0.05, 0.1) is 38.9 Å². The predicted octanol–water partition coefficient (Wildman–Crippen LogP) is 0.139. The minimum atomic E-state index is -0.410. The van der Waals surface area contributed by atoms with Crippen molar-refractivity contribution < 1.29 is 19.0 Å². The van der Waals surface area contributed by atoms with Gasteiger partial charge in [0.1, 0.15) is 5.60 Å². The van der Waals surface area contributed by atoms with Crippen LogP contribution in [-0.2, 0) is 19.0 Å². The van der Waals surface area contributed by atoms with Gasteiger partial charge in [0, 0.05) is 32.8 Å². The van der Waals surface area contributed by atoms with E-state index in [0.29, 0.717) is 46.1 Å². The average molecular weight is 310 g/mol. The third kappa shape index (κ3) is 3.51. The molecule has 22 heavy (non-hydrogen) atoms. The highest BCUT2D eigenvalue weighted by atomic mass is 16.5. The molecule has 0 saturated carbocycles. The van der Waals surface area contributed by atoms with Crippen molar-refractivity contribution in [1.82, 2.24) is 9.80 Å². The lowest BCUT2D eigenvalue weighted by Gasteiger charge is -2.43. The van der Waals surface area contributed by atoms with Crippen LogP contribution in [0.5, 0.6) is 0 Å². The lowest BCUT2D eigenvalue weighted by Crippen LogP contribution is -2.60. The number of rotatable bonds is 3. The fraction of sp³-hybridized carbons (Fsp3) is 0.812. The Bertz CT molecular complexity index is 411. The molecule has 0 aromatic rings. The van der Waals surface area contributed by atoms with E-state index in [9.17, 15) is 4.79 Å². The molecule has 0 aromatic carbocycles. The number of carbonyl (C=O) groups is 1. The van der Waals surface area contributed by atoms with Crippen LogP contribution in [-0.4, -0.2) is 87.1 Å². The normalized spacial score (nSPS) is 33.8. The van der Waals surface area contributed by atoms with Crippen molar-refractivity contribution in [2.24, 2.45) is 5.92 Å². The van der Waals surface area contributed by atoms with Crippen molar-refractivity contribution in [3.05, 3.63) is 12.7 Å². The summed E-state index contributed by atoms with van der Waals surface area (Å²) in [5, 5.41) is 0. The minimum Gasteiger partial charge on any atom is -0.381 e. The lowest BCUT2D eigenvalue weighted by molar-refractivity contribution is -0.164. The summed E-state index contributed by atoms with van der Waals surface area (Å²) >= 11 is 0. The second kappa shape index (κ2) is 7.08. The van der Waals surface area contributed by atoms with Gasteiger partial charge >= 0.3 is 0 Å². The number of carbonyl (C=O) groups excluding carboxylic acids is 1. The van der Waals surface area contributed by atoms with Gasteiger partial charge in [-0.3, -0.25) is 9.69 Å². The summed E-state index contributed by atoms with van der Waals surface area (Å²) < 4.78 is 17.2. The smallest absolute Gasteiger partial charge is 0.228 e. The van der Waals surface area contributed by atoms with Gasteiger partial charge in [0.25, 0.3) is 0 Å². The molecule has 3 rings (SSSR count). The highest BCUT2D eigenvalue weighted by molar-refractivity contribution is 5.79. The van der Waals surface area contributed by atoms with Gasteiger partial charge in [-0.1, -0.05) is 6.08 Å². The Morgan fingerprint density at radius 3 is 2.91 bits per heavy atom. The first kappa shape index (κ1) is 15.9. The zero-order valence-corrected chi connectivity index (χ0v) is 13.2. The van der Waals surface area contributed by atoms with Gasteiger partial charge in [-0.2, -0.15) is 0 Å². The SMILES string of the molecule is C=CCN1CCOC[C@]2(C1)CN(C(=O)[C@H]1CCOC1)CCO2. The summed E-state index contributed by atoms with van der Waals surface area (Å²) in [5.74, 6) is 0.228. The third-order valence-corrected chi connectivity index (χ3v) is 4.66. The van der Waals surface area contributed by atoms with E-state index in [1.165, 1.54) is 0 Å². The molecule has 0 radical (unpaired) electrons. The molecule has 3 aliphatic rings. The number of morpholine rings is 1. The molecule has 6 nitrogen and oxygen atoms in total. The Morgan fingerprint density at radius 1 is 1.23 bits per heavy atom. The van der Waals surface area contributed by atoms with Crippen LogP contribution >= 0.6 is 0 Å². The van der Waals surface area contributed by atoms with Crippen LogP contribution in [0, 0.1) is 5.92 Å². The molecule has 3 aliphatic heterocycles. The van der Waals surface area contributed by atoms with Crippen molar-refractivity contribution >= 4 is 5.91 Å². The Morgan fingerprint density at radius 2 is 2.14 bits per heavy atom. The van der Waals surface area contributed by atoms with E-state index >= 15 is 0 Å². The van der Waals surface area contributed by atoms with Crippen molar-refractivity contribution in [1.29, 1.82) is 0 Å². The Kier molecular flexibility index (Phi) is 5.13. The molecular formula is C16H26N2O4. The van der Waals surface area contributed by atoms with Crippen molar-refractivity contribution in [2.75, 3.05) is 65.8 Å². The average Bonchev–Trinajstić information content (AvgIpc) is 2.99. The van der Waals surface area contributed by atoms with E-state index in [2.05, 4.69) is 11.5 Å². The predicted molar refractivity (Wildman–Crippen MR) is 81.6 cm³/mol. The van der Waals surface area contributed by atoms with Gasteiger partial charge in [-0.25, -0.2) is 0 Å². The van der Waals surface area contributed by atoms with Crippen molar-refractivity contribution in [2.45, 2.75) is 12.0 Å². The topological polar surface area (TPSA) is 51.2 Å². The molecule has 3 fully saturated rings. The first-order chi connectivity index (χ1) is 10.7. The summed E-state index contributed by atoms with van der Waals surface area (Å²) in [7, 11) is 0. The van der Waals surface area contributed by atoms with Gasteiger partial charge in [0.2, 0.25) is 5.91 Å². The quantitative estimate of drug-likeness (QED) is 0.694. The molecule has 2 atom stereocenters. The number of amides is 1. The molecule has 1 amide bonds. The van der Waals surface area contributed by atoms with E-state index in [1.54, 1.807) is 0 Å². The van der Waals surface area contributed by atoms with Crippen LogP contribution in [0.3, 0.4) is 0 Å².